The predicted molar refractivity (Wildman–Crippen MR) is 72.5 cm³/mol. The molecule has 0 heterocycles. The number of rotatable bonds is 5. The van der Waals surface area contributed by atoms with Crippen molar-refractivity contribution in [1.29, 1.82) is 0 Å². The molecule has 1 unspecified atom stereocenters. The van der Waals surface area contributed by atoms with Crippen LogP contribution in [-0.2, 0) is 4.79 Å². The summed E-state index contributed by atoms with van der Waals surface area (Å²) in [4.78, 5) is 22.3. The van der Waals surface area contributed by atoms with Crippen LogP contribution in [0.25, 0.3) is 0 Å². The number of hydrogen-bond donors (Lipinski definition) is 3. The van der Waals surface area contributed by atoms with Crippen LogP contribution in [0.4, 0.5) is 14.9 Å². The second-order valence-electron chi connectivity index (χ2n) is 3.90. The van der Waals surface area contributed by atoms with Crippen molar-refractivity contribution in [2.75, 3.05) is 11.9 Å². The quantitative estimate of drug-likeness (QED) is 0.775. The maximum atomic E-state index is 12.8. The number of anilines is 1. The van der Waals surface area contributed by atoms with Crippen LogP contribution in [0.15, 0.2) is 22.7 Å². The van der Waals surface area contributed by atoms with Crippen molar-refractivity contribution in [2.45, 2.75) is 13.3 Å². The average Bonchev–Trinajstić information content (AvgIpc) is 2.33. The van der Waals surface area contributed by atoms with Crippen molar-refractivity contribution in [3.63, 3.8) is 0 Å². The van der Waals surface area contributed by atoms with E-state index in [1.54, 1.807) is 6.92 Å². The van der Waals surface area contributed by atoms with Gasteiger partial charge in [0.1, 0.15) is 5.82 Å². The molecule has 0 saturated carbocycles. The van der Waals surface area contributed by atoms with Crippen LogP contribution < -0.4 is 10.6 Å². The van der Waals surface area contributed by atoms with Gasteiger partial charge in [-0.2, -0.15) is 0 Å². The van der Waals surface area contributed by atoms with E-state index in [-0.39, 0.29) is 6.54 Å². The summed E-state index contributed by atoms with van der Waals surface area (Å²) in [5.41, 5.74) is 0.405. The van der Waals surface area contributed by atoms with Gasteiger partial charge in [-0.25, -0.2) is 9.18 Å². The highest BCUT2D eigenvalue weighted by molar-refractivity contribution is 9.10. The number of urea groups is 1. The summed E-state index contributed by atoms with van der Waals surface area (Å²) in [5, 5.41) is 13.8. The fourth-order valence-corrected chi connectivity index (χ4v) is 1.83. The Bertz CT molecular complexity index is 482. The summed E-state index contributed by atoms with van der Waals surface area (Å²) in [6, 6.07) is 3.31. The lowest BCUT2D eigenvalue weighted by atomic mass is 10.1. The first-order chi connectivity index (χ1) is 8.93. The normalized spacial score (nSPS) is 11.7. The molecule has 0 radical (unpaired) electrons. The Morgan fingerprint density at radius 2 is 2.16 bits per heavy atom. The molecule has 7 heteroatoms. The van der Waals surface area contributed by atoms with E-state index in [9.17, 15) is 14.0 Å². The molecule has 0 fully saturated rings. The molecule has 19 heavy (non-hydrogen) atoms. The fraction of sp³-hybridized carbons (Fsp3) is 0.333. The molecule has 3 N–H and O–H groups in total. The number of amides is 2. The van der Waals surface area contributed by atoms with Gasteiger partial charge >= 0.3 is 12.0 Å². The molecule has 1 aromatic carbocycles. The van der Waals surface area contributed by atoms with Crippen LogP contribution in [0.5, 0.6) is 0 Å². The van der Waals surface area contributed by atoms with Crippen LogP contribution in [0.2, 0.25) is 0 Å². The van der Waals surface area contributed by atoms with Crippen molar-refractivity contribution < 1.29 is 19.1 Å². The molecule has 0 aromatic heterocycles. The molecule has 2 amide bonds. The first-order valence-electron chi connectivity index (χ1n) is 5.66. The van der Waals surface area contributed by atoms with Gasteiger partial charge in [-0.15, -0.1) is 0 Å². The molecule has 0 spiro atoms. The maximum Gasteiger partial charge on any atom is 0.319 e. The third-order valence-electron chi connectivity index (χ3n) is 2.53. The number of nitrogens with one attached hydrogen (secondary N) is 2. The molecule has 104 valence electrons. The molecule has 5 nitrogen and oxygen atoms in total. The van der Waals surface area contributed by atoms with Gasteiger partial charge in [0, 0.05) is 11.0 Å². The minimum Gasteiger partial charge on any atom is -0.481 e. The van der Waals surface area contributed by atoms with Crippen LogP contribution in [-0.4, -0.2) is 23.7 Å². The van der Waals surface area contributed by atoms with Crippen molar-refractivity contribution in [1.82, 2.24) is 5.32 Å². The number of hydrogen-bond acceptors (Lipinski definition) is 2. The van der Waals surface area contributed by atoms with Gasteiger partial charge in [0.05, 0.1) is 11.6 Å². The Balaban J connectivity index is 2.53. The van der Waals surface area contributed by atoms with Crippen LogP contribution >= 0.6 is 15.9 Å². The van der Waals surface area contributed by atoms with E-state index in [0.29, 0.717) is 16.6 Å². The largest absolute Gasteiger partial charge is 0.481 e. The van der Waals surface area contributed by atoms with Gasteiger partial charge in [0.25, 0.3) is 0 Å². The second-order valence-corrected chi connectivity index (χ2v) is 4.76. The summed E-state index contributed by atoms with van der Waals surface area (Å²) >= 11 is 3.12. The van der Waals surface area contributed by atoms with Gasteiger partial charge < -0.3 is 15.7 Å². The van der Waals surface area contributed by atoms with Crippen LogP contribution in [0.3, 0.4) is 0 Å². The first kappa shape index (κ1) is 15.4. The van der Waals surface area contributed by atoms with Gasteiger partial charge in [0.15, 0.2) is 0 Å². The van der Waals surface area contributed by atoms with Gasteiger partial charge in [0.2, 0.25) is 0 Å². The highest BCUT2D eigenvalue weighted by Gasteiger charge is 2.16. The standard InChI is InChI=1S/C12H14BrFN2O3/c1-2-7(11(17)18)6-15-12(19)16-10-4-3-8(14)5-9(10)13/h3-5,7H,2,6H2,1H3,(H,17,18)(H2,15,16,19). The number of halogens is 2. The van der Waals surface area contributed by atoms with Crippen molar-refractivity contribution in [3.8, 4) is 0 Å². The monoisotopic (exact) mass is 332 g/mol. The zero-order chi connectivity index (χ0) is 14.4. The fourth-order valence-electron chi connectivity index (χ4n) is 1.38. The Morgan fingerprint density at radius 3 is 2.68 bits per heavy atom. The van der Waals surface area contributed by atoms with E-state index in [1.807, 2.05) is 0 Å². The summed E-state index contributed by atoms with van der Waals surface area (Å²) in [7, 11) is 0. The second kappa shape index (κ2) is 7.08. The molecule has 0 aliphatic carbocycles. The molecule has 1 rings (SSSR count). The average molecular weight is 333 g/mol. The Morgan fingerprint density at radius 1 is 1.47 bits per heavy atom. The lowest BCUT2D eigenvalue weighted by Crippen LogP contribution is -2.35. The number of benzene rings is 1. The molecular weight excluding hydrogens is 319 g/mol. The lowest BCUT2D eigenvalue weighted by Gasteiger charge is -2.12. The molecule has 0 bridgehead atoms. The van der Waals surface area contributed by atoms with Crippen molar-refractivity contribution in [2.24, 2.45) is 5.92 Å². The number of carboxylic acid groups (broad SMARTS) is 1. The van der Waals surface area contributed by atoms with Crippen LogP contribution in [0, 0.1) is 11.7 Å². The number of carbonyl (C=O) groups excluding carboxylic acids is 1. The van der Waals surface area contributed by atoms with Gasteiger partial charge in [-0.3, -0.25) is 4.79 Å². The Hall–Kier alpha value is -1.63. The topological polar surface area (TPSA) is 78.4 Å². The molecule has 1 aromatic rings. The zero-order valence-electron chi connectivity index (χ0n) is 10.2. The summed E-state index contributed by atoms with van der Waals surface area (Å²) in [5.74, 6) is -2.00. The molecule has 1 atom stereocenters. The lowest BCUT2D eigenvalue weighted by molar-refractivity contribution is -0.141. The molecule has 0 aliphatic heterocycles. The first-order valence-corrected chi connectivity index (χ1v) is 6.46. The van der Waals surface area contributed by atoms with Crippen molar-refractivity contribution >= 4 is 33.6 Å². The minimum absolute atomic E-state index is 0.0382. The summed E-state index contributed by atoms with van der Waals surface area (Å²) < 4.78 is 13.3. The van der Waals surface area contributed by atoms with E-state index in [2.05, 4.69) is 26.6 Å². The van der Waals surface area contributed by atoms with Gasteiger partial charge in [-0.05, 0) is 40.5 Å². The van der Waals surface area contributed by atoms with E-state index in [4.69, 9.17) is 5.11 Å². The molecule has 0 saturated heterocycles. The maximum absolute atomic E-state index is 12.8. The van der Waals surface area contributed by atoms with E-state index < -0.39 is 23.7 Å². The SMILES string of the molecule is CCC(CNC(=O)Nc1ccc(F)cc1Br)C(=O)O. The highest BCUT2D eigenvalue weighted by Crippen LogP contribution is 2.22. The molecular formula is C12H14BrFN2O3. The number of carboxylic acids is 1. The number of aliphatic carboxylic acids is 1. The smallest absolute Gasteiger partial charge is 0.319 e. The summed E-state index contributed by atoms with van der Waals surface area (Å²) in [6.07, 6.45) is 0.426. The predicted octanol–water partition coefficient (Wildman–Crippen LogP) is 2.82. The van der Waals surface area contributed by atoms with Gasteiger partial charge in [-0.1, -0.05) is 6.92 Å². The van der Waals surface area contributed by atoms with E-state index in [0.717, 1.165) is 0 Å². The highest BCUT2D eigenvalue weighted by atomic mass is 79.9. The van der Waals surface area contributed by atoms with Crippen molar-refractivity contribution in [3.05, 3.63) is 28.5 Å². The zero-order valence-corrected chi connectivity index (χ0v) is 11.8. The molecule has 0 aliphatic rings. The Labute approximate surface area is 118 Å². The Kier molecular flexibility index (Phi) is 5.75. The van der Waals surface area contributed by atoms with E-state index >= 15 is 0 Å². The van der Waals surface area contributed by atoms with E-state index in [1.165, 1.54) is 18.2 Å². The number of carbonyl (C=O) groups is 2. The summed E-state index contributed by atoms with van der Waals surface area (Å²) in [6.45, 7) is 1.77. The van der Waals surface area contributed by atoms with Crippen LogP contribution in [0.1, 0.15) is 13.3 Å². The third-order valence-corrected chi connectivity index (χ3v) is 3.19. The third kappa shape index (κ3) is 4.86. The minimum atomic E-state index is -0.953.